The van der Waals surface area contributed by atoms with Crippen LogP contribution in [0.4, 0.5) is 23.4 Å². The van der Waals surface area contributed by atoms with Gasteiger partial charge in [-0.3, -0.25) is 9.36 Å². The number of aromatic nitrogens is 4. The van der Waals surface area contributed by atoms with Gasteiger partial charge in [-0.1, -0.05) is 11.2 Å². The van der Waals surface area contributed by atoms with Crippen LogP contribution in [0.3, 0.4) is 0 Å². The Morgan fingerprint density at radius 3 is 2.77 bits per heavy atom. The van der Waals surface area contributed by atoms with Crippen molar-refractivity contribution in [1.29, 1.82) is 0 Å². The summed E-state index contributed by atoms with van der Waals surface area (Å²) >= 11 is 1.56. The van der Waals surface area contributed by atoms with Gasteiger partial charge in [-0.25, -0.2) is 23.9 Å². The second-order valence-electron chi connectivity index (χ2n) is 6.01. The van der Waals surface area contributed by atoms with Crippen molar-refractivity contribution in [3.63, 3.8) is 0 Å². The largest absolute Gasteiger partial charge is 0.446 e. The predicted molar refractivity (Wildman–Crippen MR) is 97.9 cm³/mol. The van der Waals surface area contributed by atoms with E-state index in [-0.39, 0.29) is 29.6 Å². The Morgan fingerprint density at radius 1 is 1.19 bits per heavy atom. The van der Waals surface area contributed by atoms with Crippen LogP contribution in [0.15, 0.2) is 49.7 Å². The molecule has 0 bridgehead atoms. The van der Waals surface area contributed by atoms with E-state index >= 15 is 0 Å². The minimum absolute atomic E-state index is 0.0913. The van der Waals surface area contributed by atoms with Gasteiger partial charge < -0.3 is 0 Å². The van der Waals surface area contributed by atoms with Crippen molar-refractivity contribution in [2.45, 2.75) is 12.6 Å². The van der Waals surface area contributed by atoms with Crippen LogP contribution < -0.4 is 11.2 Å². The Bertz CT molecular complexity index is 1230. The maximum atomic E-state index is 13.6. The minimum Gasteiger partial charge on any atom is -0.295 e. The van der Waals surface area contributed by atoms with Crippen LogP contribution in [-0.4, -0.2) is 26.6 Å². The SMILES string of the molecule is O=c1onc(-c2nonc2NOCCc2cccs2)n1-c1ccc(F)c(C(F)(F)F)c1. The highest BCUT2D eigenvalue weighted by molar-refractivity contribution is 7.09. The van der Waals surface area contributed by atoms with Crippen LogP contribution >= 0.6 is 11.3 Å². The molecule has 4 aromatic rings. The van der Waals surface area contributed by atoms with Gasteiger partial charge in [0.05, 0.1) is 17.9 Å². The molecule has 0 atom stereocenters. The zero-order valence-corrected chi connectivity index (χ0v) is 16.0. The summed E-state index contributed by atoms with van der Waals surface area (Å²) < 4.78 is 62.6. The third kappa shape index (κ3) is 4.34. The Kier molecular flexibility index (Phi) is 5.56. The van der Waals surface area contributed by atoms with Crippen LogP contribution in [0.1, 0.15) is 10.4 Å². The topological polar surface area (TPSA) is 108 Å². The molecule has 0 saturated carbocycles. The molecule has 0 aliphatic rings. The Balaban J connectivity index is 1.61. The molecule has 0 unspecified atom stereocenters. The van der Waals surface area contributed by atoms with Crippen molar-refractivity contribution in [1.82, 2.24) is 20.0 Å². The highest BCUT2D eigenvalue weighted by Gasteiger charge is 2.35. The summed E-state index contributed by atoms with van der Waals surface area (Å²) in [5, 5.41) is 12.6. The number of halogens is 4. The van der Waals surface area contributed by atoms with Crippen LogP contribution in [0.25, 0.3) is 17.2 Å². The molecule has 0 amide bonds. The number of nitrogens with zero attached hydrogens (tertiary/aromatic N) is 4. The fourth-order valence-electron chi connectivity index (χ4n) is 2.62. The van der Waals surface area contributed by atoms with E-state index in [1.54, 1.807) is 11.3 Å². The van der Waals surface area contributed by atoms with Crippen molar-refractivity contribution in [2.24, 2.45) is 0 Å². The quantitative estimate of drug-likeness (QED) is 0.254. The molecular formula is C17H11F4N5O4S. The zero-order chi connectivity index (χ0) is 22.0. The molecular weight excluding hydrogens is 446 g/mol. The summed E-state index contributed by atoms with van der Waals surface area (Å²) in [6, 6.07) is 5.83. The smallest absolute Gasteiger partial charge is 0.295 e. The average molecular weight is 457 g/mol. The molecule has 31 heavy (non-hydrogen) atoms. The van der Waals surface area contributed by atoms with Crippen LogP contribution in [0, 0.1) is 5.82 Å². The van der Waals surface area contributed by atoms with E-state index < -0.39 is 23.3 Å². The number of alkyl halides is 3. The minimum atomic E-state index is -4.97. The van der Waals surface area contributed by atoms with Crippen LogP contribution in [-0.2, 0) is 17.4 Å². The highest BCUT2D eigenvalue weighted by atomic mass is 32.1. The Morgan fingerprint density at radius 2 is 2.03 bits per heavy atom. The summed E-state index contributed by atoms with van der Waals surface area (Å²) in [4.78, 5) is 18.5. The molecule has 0 aliphatic carbocycles. The number of benzene rings is 1. The third-order valence-electron chi connectivity index (χ3n) is 4.02. The lowest BCUT2D eigenvalue weighted by molar-refractivity contribution is -0.140. The maximum Gasteiger partial charge on any atom is 0.446 e. The zero-order valence-electron chi connectivity index (χ0n) is 15.2. The van der Waals surface area contributed by atoms with E-state index in [1.807, 2.05) is 17.5 Å². The number of anilines is 1. The molecule has 1 N–H and O–H groups in total. The van der Waals surface area contributed by atoms with E-state index in [1.165, 1.54) is 0 Å². The van der Waals surface area contributed by atoms with Gasteiger partial charge in [0, 0.05) is 11.3 Å². The first-order valence-corrected chi connectivity index (χ1v) is 9.41. The van der Waals surface area contributed by atoms with Gasteiger partial charge >= 0.3 is 11.9 Å². The molecule has 0 fully saturated rings. The molecule has 3 aromatic heterocycles. The maximum absolute atomic E-state index is 13.6. The monoisotopic (exact) mass is 457 g/mol. The van der Waals surface area contributed by atoms with Gasteiger partial charge in [0.1, 0.15) is 5.82 Å². The van der Waals surface area contributed by atoms with Crippen LogP contribution in [0.5, 0.6) is 0 Å². The van der Waals surface area contributed by atoms with E-state index in [9.17, 15) is 22.4 Å². The average Bonchev–Trinajstić information content (AvgIpc) is 3.46. The fraction of sp³-hybridized carbons (Fsp3) is 0.176. The van der Waals surface area contributed by atoms with Gasteiger partial charge in [-0.05, 0) is 40.0 Å². The van der Waals surface area contributed by atoms with Gasteiger partial charge in [0.2, 0.25) is 17.3 Å². The molecule has 14 heteroatoms. The summed E-state index contributed by atoms with van der Waals surface area (Å²) in [5.41, 5.74) is 0.418. The summed E-state index contributed by atoms with van der Waals surface area (Å²) in [7, 11) is 0. The number of hydrogen-bond acceptors (Lipinski definition) is 9. The Hall–Kier alpha value is -3.52. The van der Waals surface area contributed by atoms with Gasteiger partial charge in [-0.2, -0.15) is 13.2 Å². The molecule has 0 radical (unpaired) electrons. The molecule has 3 heterocycles. The van der Waals surface area contributed by atoms with Gasteiger partial charge in [-0.15, -0.1) is 11.3 Å². The second-order valence-corrected chi connectivity index (χ2v) is 7.04. The molecule has 162 valence electrons. The van der Waals surface area contributed by atoms with E-state index in [0.717, 1.165) is 10.9 Å². The molecule has 1 aromatic carbocycles. The summed E-state index contributed by atoms with van der Waals surface area (Å²) in [5.74, 6) is -3.03. The number of rotatable bonds is 7. The lowest BCUT2D eigenvalue weighted by Gasteiger charge is -2.10. The first-order chi connectivity index (χ1) is 14.8. The van der Waals surface area contributed by atoms with Crippen molar-refractivity contribution in [2.75, 3.05) is 12.1 Å². The third-order valence-corrected chi connectivity index (χ3v) is 4.95. The Labute approximate surface area is 173 Å². The van der Waals surface area contributed by atoms with Gasteiger partial charge in [0.25, 0.3) is 0 Å². The van der Waals surface area contributed by atoms with E-state index in [2.05, 4.69) is 30.1 Å². The molecule has 4 rings (SSSR count). The van der Waals surface area contributed by atoms with E-state index in [0.29, 0.717) is 23.1 Å². The summed E-state index contributed by atoms with van der Waals surface area (Å²) in [6.45, 7) is 0.255. The predicted octanol–water partition coefficient (Wildman–Crippen LogP) is 3.68. The highest BCUT2D eigenvalue weighted by Crippen LogP contribution is 2.33. The molecule has 0 aliphatic heterocycles. The lowest BCUT2D eigenvalue weighted by atomic mass is 10.1. The van der Waals surface area contributed by atoms with Crippen molar-refractivity contribution in [3.8, 4) is 17.2 Å². The number of hydrogen-bond donors (Lipinski definition) is 1. The van der Waals surface area contributed by atoms with E-state index in [4.69, 9.17) is 4.84 Å². The molecule has 0 spiro atoms. The van der Waals surface area contributed by atoms with Crippen LogP contribution in [0.2, 0.25) is 0 Å². The first-order valence-electron chi connectivity index (χ1n) is 8.53. The van der Waals surface area contributed by atoms with Crippen molar-refractivity contribution >= 4 is 17.2 Å². The van der Waals surface area contributed by atoms with Gasteiger partial charge in [0.15, 0.2) is 0 Å². The normalized spacial score (nSPS) is 11.7. The number of nitrogens with one attached hydrogen (secondary N) is 1. The lowest BCUT2D eigenvalue weighted by Crippen LogP contribution is -2.16. The first kappa shape index (κ1) is 20.7. The molecule has 0 saturated heterocycles. The van der Waals surface area contributed by atoms with Crippen molar-refractivity contribution in [3.05, 3.63) is 62.5 Å². The second kappa shape index (κ2) is 8.31. The fourth-order valence-corrected chi connectivity index (χ4v) is 3.32. The summed E-state index contributed by atoms with van der Waals surface area (Å²) in [6.07, 6.45) is -4.37. The number of thiophene rings is 1. The standard InChI is InChI=1S/C17H11F4N5O4S/c18-12-4-3-9(8-11(12)17(19,20)21)26-15(25-29-16(26)27)13-14(24-30-22-13)23-28-6-5-10-2-1-7-31-10/h1-4,7-8H,5-6H2,(H,23,24). The molecule has 9 nitrogen and oxygen atoms in total. The van der Waals surface area contributed by atoms with Crippen molar-refractivity contribution < 1.29 is 31.6 Å².